The van der Waals surface area contributed by atoms with Crippen LogP contribution in [-0.2, 0) is 17.6 Å². The van der Waals surface area contributed by atoms with Gasteiger partial charge in [0.05, 0.1) is 6.42 Å². The fraction of sp³-hybridized carbons (Fsp3) is 0.278. The number of nitrogens with one attached hydrogen (secondary N) is 1. The quantitative estimate of drug-likeness (QED) is 0.856. The van der Waals surface area contributed by atoms with E-state index in [1.54, 1.807) is 18.2 Å². The first kappa shape index (κ1) is 15.1. The molecule has 0 aromatic heterocycles. The number of amides is 1. The monoisotopic (exact) mass is 283 g/mol. The number of aryl methyl sites for hydroxylation is 1. The lowest BCUT2D eigenvalue weighted by molar-refractivity contribution is -0.121. The molecule has 1 amide bonds. The number of hydrogen-bond donors (Lipinski definition) is 2. The fourth-order valence-electron chi connectivity index (χ4n) is 2.26. The lowest BCUT2D eigenvalue weighted by Crippen LogP contribution is -2.34. The molecule has 2 N–H and O–H groups in total. The van der Waals surface area contributed by atoms with Gasteiger partial charge in [-0.2, -0.15) is 0 Å². The number of carbonyl (C=O) groups excluding carboxylic acids is 1. The van der Waals surface area contributed by atoms with Gasteiger partial charge in [0, 0.05) is 11.6 Å². The summed E-state index contributed by atoms with van der Waals surface area (Å²) in [6.45, 7) is 2.01. The molecule has 0 radical (unpaired) electrons. The maximum absolute atomic E-state index is 12.0. The Balaban J connectivity index is 1.78. The number of benzene rings is 2. The van der Waals surface area contributed by atoms with Crippen LogP contribution in [0.5, 0.6) is 5.75 Å². The van der Waals surface area contributed by atoms with Crippen LogP contribution in [0.4, 0.5) is 0 Å². The number of para-hydroxylation sites is 1. The van der Waals surface area contributed by atoms with Gasteiger partial charge < -0.3 is 10.4 Å². The van der Waals surface area contributed by atoms with Crippen LogP contribution in [0.2, 0.25) is 0 Å². The van der Waals surface area contributed by atoms with Crippen molar-refractivity contribution < 1.29 is 9.90 Å². The van der Waals surface area contributed by atoms with Gasteiger partial charge in [-0.1, -0.05) is 48.5 Å². The van der Waals surface area contributed by atoms with Crippen LogP contribution in [0.3, 0.4) is 0 Å². The highest BCUT2D eigenvalue weighted by Gasteiger charge is 2.10. The molecule has 0 saturated carbocycles. The first-order valence-electron chi connectivity index (χ1n) is 7.25. The second-order valence-corrected chi connectivity index (χ2v) is 5.30. The SMILES string of the molecule is CC(CCc1ccccc1)NC(=O)Cc1ccccc1O. The zero-order valence-electron chi connectivity index (χ0n) is 12.3. The minimum Gasteiger partial charge on any atom is -0.508 e. The van der Waals surface area contributed by atoms with Crippen LogP contribution in [0.25, 0.3) is 0 Å². The Morgan fingerprint density at radius 2 is 1.76 bits per heavy atom. The van der Waals surface area contributed by atoms with Gasteiger partial charge in [-0.25, -0.2) is 0 Å². The Hall–Kier alpha value is -2.29. The van der Waals surface area contributed by atoms with Gasteiger partial charge in [0.15, 0.2) is 0 Å². The topological polar surface area (TPSA) is 49.3 Å². The van der Waals surface area contributed by atoms with Crippen LogP contribution in [0, 0.1) is 0 Å². The number of carbonyl (C=O) groups is 1. The molecule has 0 aliphatic carbocycles. The van der Waals surface area contributed by atoms with Crippen LogP contribution < -0.4 is 5.32 Å². The predicted octanol–water partition coefficient (Wildman–Crippen LogP) is 3.07. The van der Waals surface area contributed by atoms with Crippen molar-refractivity contribution in [3.05, 3.63) is 65.7 Å². The molecule has 1 atom stereocenters. The van der Waals surface area contributed by atoms with Crippen molar-refractivity contribution in [2.45, 2.75) is 32.2 Å². The molecule has 3 nitrogen and oxygen atoms in total. The average molecular weight is 283 g/mol. The van der Waals surface area contributed by atoms with Crippen molar-refractivity contribution in [2.24, 2.45) is 0 Å². The van der Waals surface area contributed by atoms with Gasteiger partial charge in [0.25, 0.3) is 0 Å². The molecular weight excluding hydrogens is 262 g/mol. The number of rotatable bonds is 6. The lowest BCUT2D eigenvalue weighted by atomic mass is 10.1. The van der Waals surface area contributed by atoms with Crippen LogP contribution in [0.15, 0.2) is 54.6 Å². The van der Waals surface area contributed by atoms with E-state index in [2.05, 4.69) is 17.4 Å². The molecule has 2 rings (SSSR count). The van der Waals surface area contributed by atoms with Gasteiger partial charge in [-0.15, -0.1) is 0 Å². The summed E-state index contributed by atoms with van der Waals surface area (Å²) in [7, 11) is 0. The Labute approximate surface area is 125 Å². The summed E-state index contributed by atoms with van der Waals surface area (Å²) in [5.41, 5.74) is 1.93. The van der Waals surface area contributed by atoms with Crippen LogP contribution in [0.1, 0.15) is 24.5 Å². The summed E-state index contributed by atoms with van der Waals surface area (Å²) in [5.74, 6) is 0.113. The molecule has 0 saturated heterocycles. The molecule has 3 heteroatoms. The van der Waals surface area contributed by atoms with Gasteiger partial charge in [-0.05, 0) is 31.4 Å². The molecule has 0 heterocycles. The van der Waals surface area contributed by atoms with Gasteiger partial charge >= 0.3 is 0 Å². The van der Waals surface area contributed by atoms with E-state index < -0.39 is 0 Å². The minimum atomic E-state index is -0.0583. The first-order chi connectivity index (χ1) is 10.1. The van der Waals surface area contributed by atoms with E-state index in [0.717, 1.165) is 12.8 Å². The van der Waals surface area contributed by atoms with Crippen molar-refractivity contribution >= 4 is 5.91 Å². The van der Waals surface area contributed by atoms with Gasteiger partial charge in [0.2, 0.25) is 5.91 Å². The van der Waals surface area contributed by atoms with E-state index in [0.29, 0.717) is 5.56 Å². The van der Waals surface area contributed by atoms with E-state index in [4.69, 9.17) is 0 Å². The second-order valence-electron chi connectivity index (χ2n) is 5.30. The van der Waals surface area contributed by atoms with E-state index in [1.165, 1.54) is 5.56 Å². The molecule has 0 aliphatic heterocycles. The number of phenols is 1. The van der Waals surface area contributed by atoms with Gasteiger partial charge in [-0.3, -0.25) is 4.79 Å². The third-order valence-electron chi connectivity index (χ3n) is 3.46. The lowest BCUT2D eigenvalue weighted by Gasteiger charge is -2.14. The summed E-state index contributed by atoms with van der Waals surface area (Å²) < 4.78 is 0. The molecule has 0 spiro atoms. The van der Waals surface area contributed by atoms with Crippen molar-refractivity contribution in [1.29, 1.82) is 0 Å². The van der Waals surface area contributed by atoms with Crippen molar-refractivity contribution in [1.82, 2.24) is 5.32 Å². The van der Waals surface area contributed by atoms with E-state index in [1.807, 2.05) is 31.2 Å². The average Bonchev–Trinajstić information content (AvgIpc) is 2.48. The highest BCUT2D eigenvalue weighted by molar-refractivity contribution is 5.79. The van der Waals surface area contributed by atoms with Crippen molar-refractivity contribution in [3.8, 4) is 5.75 Å². The molecule has 0 bridgehead atoms. The second kappa shape index (κ2) is 7.48. The number of phenolic OH excluding ortho intramolecular Hbond substituents is 1. The van der Waals surface area contributed by atoms with Crippen molar-refractivity contribution in [2.75, 3.05) is 0 Å². The number of hydrogen-bond acceptors (Lipinski definition) is 2. The Morgan fingerprint density at radius 1 is 1.10 bits per heavy atom. The maximum atomic E-state index is 12.0. The first-order valence-corrected chi connectivity index (χ1v) is 7.25. The maximum Gasteiger partial charge on any atom is 0.224 e. The van der Waals surface area contributed by atoms with Gasteiger partial charge in [0.1, 0.15) is 5.75 Å². The normalized spacial score (nSPS) is 11.9. The van der Waals surface area contributed by atoms with E-state index >= 15 is 0 Å². The summed E-state index contributed by atoms with van der Waals surface area (Å²) in [4.78, 5) is 12.0. The molecule has 110 valence electrons. The zero-order valence-corrected chi connectivity index (χ0v) is 12.3. The van der Waals surface area contributed by atoms with E-state index in [9.17, 15) is 9.90 Å². The summed E-state index contributed by atoms with van der Waals surface area (Å²) in [6.07, 6.45) is 2.05. The molecule has 0 fully saturated rings. The summed E-state index contributed by atoms with van der Waals surface area (Å²) in [5, 5.41) is 12.6. The minimum absolute atomic E-state index is 0.0583. The molecule has 2 aromatic rings. The molecular formula is C18H21NO2. The molecule has 21 heavy (non-hydrogen) atoms. The highest BCUT2D eigenvalue weighted by Crippen LogP contribution is 2.16. The molecule has 2 aromatic carbocycles. The summed E-state index contributed by atoms with van der Waals surface area (Å²) in [6, 6.07) is 17.3. The Kier molecular flexibility index (Phi) is 5.38. The Morgan fingerprint density at radius 3 is 2.48 bits per heavy atom. The predicted molar refractivity (Wildman–Crippen MR) is 84.2 cm³/mol. The standard InChI is InChI=1S/C18H21NO2/c1-14(11-12-15-7-3-2-4-8-15)19-18(21)13-16-9-5-6-10-17(16)20/h2-10,14,20H,11-13H2,1H3,(H,19,21). The molecule has 1 unspecified atom stereocenters. The Bertz CT molecular complexity index is 581. The van der Waals surface area contributed by atoms with E-state index in [-0.39, 0.29) is 24.1 Å². The highest BCUT2D eigenvalue weighted by atomic mass is 16.3. The summed E-state index contributed by atoms with van der Waals surface area (Å²) >= 11 is 0. The fourth-order valence-corrected chi connectivity index (χ4v) is 2.26. The van der Waals surface area contributed by atoms with Crippen molar-refractivity contribution in [3.63, 3.8) is 0 Å². The molecule has 0 aliphatic rings. The third-order valence-corrected chi connectivity index (χ3v) is 3.46. The third kappa shape index (κ3) is 4.95. The number of aromatic hydroxyl groups is 1. The van der Waals surface area contributed by atoms with Crippen LogP contribution >= 0.6 is 0 Å². The smallest absolute Gasteiger partial charge is 0.224 e. The van der Waals surface area contributed by atoms with Crippen LogP contribution in [-0.4, -0.2) is 17.1 Å². The largest absolute Gasteiger partial charge is 0.508 e. The zero-order chi connectivity index (χ0) is 15.1.